The Bertz CT molecular complexity index is 1170. The van der Waals surface area contributed by atoms with Gasteiger partial charge in [0.1, 0.15) is 12.2 Å². The molecule has 4 atom stereocenters. The van der Waals surface area contributed by atoms with Crippen LogP contribution in [0.15, 0.2) is 60.7 Å². The van der Waals surface area contributed by atoms with Gasteiger partial charge in [0.25, 0.3) is 0 Å². The van der Waals surface area contributed by atoms with E-state index in [1.165, 1.54) is 64.2 Å². The molecule has 12 heteroatoms. The molecule has 2 fully saturated rings. The Kier molecular flexibility index (Phi) is 38.5. The number of unbranched alkanes of at least 4 members (excludes halogenated alkanes) is 12. The first-order valence-electron chi connectivity index (χ1n) is 22.1. The average molecular weight is 881 g/mol. The van der Waals surface area contributed by atoms with E-state index in [0.717, 1.165) is 63.0 Å². The van der Waals surface area contributed by atoms with Crippen LogP contribution in [-0.4, -0.2) is 110 Å². The summed E-state index contributed by atoms with van der Waals surface area (Å²) in [6, 6.07) is 18.6. The van der Waals surface area contributed by atoms with Crippen molar-refractivity contribution in [3.05, 3.63) is 71.8 Å². The molecule has 2 aliphatic heterocycles. The molecule has 4 N–H and O–H groups in total. The van der Waals surface area contributed by atoms with Gasteiger partial charge in [-0.2, -0.15) is 27.0 Å². The van der Waals surface area contributed by atoms with Crippen molar-refractivity contribution in [1.82, 2.24) is 20.4 Å². The summed E-state index contributed by atoms with van der Waals surface area (Å²) < 4.78 is 10.8. The maximum Gasteiger partial charge on any atom is 0.220 e. The SMILES string of the molecule is C.C.CCCCCCCCCC(=O)N[C@@H](CN1CCOCC1)[C@@H](O)c1ccccc1.CCCCCCCCCC(=O)N[C@H](CN1CCOCC1)[C@H](O)c1ccccc1.S.S. The molecule has 0 aliphatic carbocycles. The van der Waals surface area contributed by atoms with Crippen molar-refractivity contribution < 1.29 is 29.3 Å². The highest BCUT2D eigenvalue weighted by molar-refractivity contribution is 7.59. The van der Waals surface area contributed by atoms with Crippen LogP contribution in [0.4, 0.5) is 0 Å². The van der Waals surface area contributed by atoms with Crippen molar-refractivity contribution in [3.8, 4) is 0 Å². The molecule has 2 aromatic rings. The van der Waals surface area contributed by atoms with Crippen molar-refractivity contribution >= 4 is 38.8 Å². The molecule has 0 radical (unpaired) electrons. The topological polar surface area (TPSA) is 124 Å². The fourth-order valence-electron chi connectivity index (χ4n) is 7.38. The van der Waals surface area contributed by atoms with E-state index in [2.05, 4.69) is 34.3 Å². The molecule has 4 rings (SSSR count). The number of carbonyl (C=O) groups is 2. The Morgan fingerprint density at radius 3 is 1.15 bits per heavy atom. The minimum Gasteiger partial charge on any atom is -0.386 e. The molecule has 0 saturated carbocycles. The van der Waals surface area contributed by atoms with Crippen molar-refractivity contribution in [2.45, 2.75) is 156 Å². The smallest absolute Gasteiger partial charge is 0.220 e. The lowest BCUT2D eigenvalue weighted by atomic mass is 10.0. The zero-order chi connectivity index (χ0) is 40.1. The summed E-state index contributed by atoms with van der Waals surface area (Å²) in [4.78, 5) is 29.5. The first kappa shape index (κ1) is 59.9. The van der Waals surface area contributed by atoms with Crippen LogP contribution >= 0.6 is 27.0 Å². The van der Waals surface area contributed by atoms with E-state index in [4.69, 9.17) is 9.47 Å². The van der Waals surface area contributed by atoms with E-state index in [9.17, 15) is 19.8 Å². The number of hydrogen-bond donors (Lipinski definition) is 4. The van der Waals surface area contributed by atoms with Crippen LogP contribution in [0.3, 0.4) is 0 Å². The molecule has 0 bridgehead atoms. The number of morpholine rings is 2. The van der Waals surface area contributed by atoms with Gasteiger partial charge in [-0.3, -0.25) is 19.4 Å². The normalized spacial score (nSPS) is 16.1. The van der Waals surface area contributed by atoms with Crippen molar-refractivity contribution in [2.75, 3.05) is 65.7 Å². The third-order valence-corrected chi connectivity index (χ3v) is 10.9. The van der Waals surface area contributed by atoms with Gasteiger partial charge in [0, 0.05) is 52.1 Å². The molecular formula is C48H88N4O6S2. The van der Waals surface area contributed by atoms with Crippen LogP contribution in [0.25, 0.3) is 0 Å². The minimum absolute atomic E-state index is 0. The third-order valence-electron chi connectivity index (χ3n) is 10.9. The number of nitrogens with zero attached hydrogens (tertiary/aromatic N) is 2. The highest BCUT2D eigenvalue weighted by atomic mass is 32.1. The van der Waals surface area contributed by atoms with Crippen LogP contribution in [-0.2, 0) is 19.1 Å². The van der Waals surface area contributed by atoms with Crippen molar-refractivity contribution in [3.63, 3.8) is 0 Å². The van der Waals surface area contributed by atoms with Crippen LogP contribution in [0.5, 0.6) is 0 Å². The van der Waals surface area contributed by atoms with E-state index in [-0.39, 0.29) is 65.7 Å². The Balaban J connectivity index is 0. The lowest BCUT2D eigenvalue weighted by molar-refractivity contribution is -0.124. The molecule has 2 saturated heterocycles. The van der Waals surface area contributed by atoms with E-state index in [1.54, 1.807) is 0 Å². The van der Waals surface area contributed by atoms with E-state index < -0.39 is 12.2 Å². The Morgan fingerprint density at radius 1 is 0.533 bits per heavy atom. The number of aliphatic hydroxyl groups is 2. The van der Waals surface area contributed by atoms with Gasteiger partial charge in [-0.1, -0.05) is 166 Å². The summed E-state index contributed by atoms with van der Waals surface area (Å²) in [7, 11) is 0. The van der Waals surface area contributed by atoms with Gasteiger partial charge in [-0.15, -0.1) is 0 Å². The second-order valence-corrected chi connectivity index (χ2v) is 15.6. The molecule has 2 aliphatic rings. The number of hydrogen-bond acceptors (Lipinski definition) is 8. The number of nitrogens with one attached hydrogen (secondary N) is 2. The number of carbonyl (C=O) groups excluding carboxylic acids is 2. The van der Waals surface area contributed by atoms with Crippen molar-refractivity contribution in [2.24, 2.45) is 0 Å². The quantitative estimate of drug-likeness (QED) is 0.0692. The maximum atomic E-state index is 12.5. The number of amides is 2. The molecule has 0 aromatic heterocycles. The standard InChI is InChI=1S/2C23H38N2O3.2CH4.2H2S/c2*1-2-3-4-5-6-7-11-14-22(26)24-21(19-25-15-17-28-18-16-25)23(27)20-12-9-8-10-13-20;;;;/h2*8-10,12-13,21,23,27H,2-7,11,14-19H2,1H3,(H,24,26);2*1H4;2*1H2/t2*21-,23-;;;;/m10..../s1. The van der Waals surface area contributed by atoms with Crippen LogP contribution in [0.2, 0.25) is 0 Å². The highest BCUT2D eigenvalue weighted by Gasteiger charge is 2.27. The molecule has 10 nitrogen and oxygen atoms in total. The minimum atomic E-state index is -0.706. The fourth-order valence-corrected chi connectivity index (χ4v) is 7.38. The zero-order valence-corrected chi connectivity index (χ0v) is 37.9. The summed E-state index contributed by atoms with van der Waals surface area (Å²) in [5.74, 6) is 0.0867. The largest absolute Gasteiger partial charge is 0.386 e. The fraction of sp³-hybridized carbons (Fsp3) is 0.708. The first-order valence-corrected chi connectivity index (χ1v) is 22.1. The van der Waals surface area contributed by atoms with Gasteiger partial charge in [0.05, 0.1) is 38.5 Å². The summed E-state index contributed by atoms with van der Waals surface area (Å²) in [5.41, 5.74) is 1.69. The molecule has 348 valence electrons. The monoisotopic (exact) mass is 881 g/mol. The predicted molar refractivity (Wildman–Crippen MR) is 261 cm³/mol. The van der Waals surface area contributed by atoms with Gasteiger partial charge < -0.3 is 30.3 Å². The number of ether oxygens (including phenoxy) is 2. The lowest BCUT2D eigenvalue weighted by Gasteiger charge is -2.33. The molecule has 60 heavy (non-hydrogen) atoms. The molecule has 2 amide bonds. The molecule has 0 spiro atoms. The van der Waals surface area contributed by atoms with E-state index in [1.807, 2.05) is 60.7 Å². The van der Waals surface area contributed by atoms with Gasteiger partial charge in [0.15, 0.2) is 0 Å². The predicted octanol–water partition coefficient (Wildman–Crippen LogP) is 8.85. The number of benzene rings is 2. The van der Waals surface area contributed by atoms with E-state index >= 15 is 0 Å². The second kappa shape index (κ2) is 38.5. The molecule has 2 aromatic carbocycles. The number of rotatable bonds is 26. The lowest BCUT2D eigenvalue weighted by Crippen LogP contribution is -2.49. The Labute approximate surface area is 380 Å². The molecule has 2 heterocycles. The second-order valence-electron chi connectivity index (χ2n) is 15.6. The molecule has 0 unspecified atom stereocenters. The zero-order valence-electron chi connectivity index (χ0n) is 35.9. The third kappa shape index (κ3) is 26.3. The van der Waals surface area contributed by atoms with Gasteiger partial charge in [-0.05, 0) is 24.0 Å². The van der Waals surface area contributed by atoms with Gasteiger partial charge in [-0.25, -0.2) is 0 Å². The average Bonchev–Trinajstić information content (AvgIpc) is 3.23. The molecular weight excluding hydrogens is 793 g/mol. The Hall–Kier alpha value is -2.16. The van der Waals surface area contributed by atoms with Crippen LogP contribution in [0, 0.1) is 0 Å². The maximum absolute atomic E-state index is 12.5. The highest BCUT2D eigenvalue weighted by Crippen LogP contribution is 2.20. The summed E-state index contributed by atoms with van der Waals surface area (Å²) in [6.45, 7) is 11.9. The van der Waals surface area contributed by atoms with Crippen LogP contribution < -0.4 is 10.6 Å². The van der Waals surface area contributed by atoms with Crippen LogP contribution in [0.1, 0.15) is 155 Å². The van der Waals surface area contributed by atoms with Crippen molar-refractivity contribution in [1.29, 1.82) is 0 Å². The number of aliphatic hydroxyl groups excluding tert-OH is 2. The van der Waals surface area contributed by atoms with E-state index in [0.29, 0.717) is 52.4 Å². The first-order chi connectivity index (χ1) is 27.4. The summed E-state index contributed by atoms with van der Waals surface area (Å²) in [6.07, 6.45) is 16.4. The Morgan fingerprint density at radius 2 is 0.833 bits per heavy atom. The summed E-state index contributed by atoms with van der Waals surface area (Å²) in [5, 5.41) is 28.0. The summed E-state index contributed by atoms with van der Waals surface area (Å²) >= 11 is 0. The van der Waals surface area contributed by atoms with Gasteiger partial charge >= 0.3 is 0 Å². The van der Waals surface area contributed by atoms with Gasteiger partial charge in [0.2, 0.25) is 11.8 Å².